The predicted octanol–water partition coefficient (Wildman–Crippen LogP) is 1.70. The van der Waals surface area contributed by atoms with Crippen LogP contribution in [-0.4, -0.2) is 27.8 Å². The summed E-state index contributed by atoms with van der Waals surface area (Å²) in [5.41, 5.74) is -0.832. The Hall–Kier alpha value is -2.51. The average molecular weight is 269 g/mol. The van der Waals surface area contributed by atoms with Gasteiger partial charge in [0, 0.05) is 13.0 Å². The maximum atomic E-state index is 13.5. The molecule has 6 nitrogen and oxygen atoms in total. The molecule has 0 radical (unpaired) electrons. The third-order valence-electron chi connectivity index (χ3n) is 2.34. The van der Waals surface area contributed by atoms with Crippen molar-refractivity contribution in [2.75, 3.05) is 11.9 Å². The van der Waals surface area contributed by atoms with Crippen LogP contribution in [0.4, 0.5) is 14.5 Å². The Morgan fingerprint density at radius 1 is 1.37 bits per heavy atom. The Balaban J connectivity index is 2.06. The number of hydrogen-bond acceptors (Lipinski definition) is 5. The van der Waals surface area contributed by atoms with E-state index in [-0.39, 0.29) is 12.2 Å². The van der Waals surface area contributed by atoms with Gasteiger partial charge < -0.3 is 14.9 Å². The summed E-state index contributed by atoms with van der Waals surface area (Å²) in [6.07, 6.45) is 1.51. The second-order valence-corrected chi connectivity index (χ2v) is 3.63. The van der Waals surface area contributed by atoms with Crippen molar-refractivity contribution in [2.24, 2.45) is 0 Å². The minimum absolute atomic E-state index is 0.169. The lowest BCUT2D eigenvalue weighted by Crippen LogP contribution is -2.10. The Morgan fingerprint density at radius 3 is 2.58 bits per heavy atom. The monoisotopic (exact) mass is 269 g/mol. The van der Waals surface area contributed by atoms with Gasteiger partial charge in [-0.15, -0.1) is 0 Å². The number of aromatic carboxylic acids is 1. The number of nitrogens with one attached hydrogen (secondary N) is 1. The molecule has 0 fully saturated rings. The van der Waals surface area contributed by atoms with E-state index >= 15 is 0 Å². The minimum atomic E-state index is -1.39. The van der Waals surface area contributed by atoms with Crippen LogP contribution in [0.25, 0.3) is 0 Å². The van der Waals surface area contributed by atoms with Crippen molar-refractivity contribution in [1.29, 1.82) is 0 Å². The molecule has 2 rings (SSSR count). The van der Waals surface area contributed by atoms with Crippen molar-refractivity contribution in [3.8, 4) is 0 Å². The van der Waals surface area contributed by atoms with E-state index in [9.17, 15) is 13.6 Å². The molecule has 0 aliphatic carbocycles. The molecule has 8 heteroatoms. The van der Waals surface area contributed by atoms with Crippen molar-refractivity contribution < 1.29 is 23.2 Å². The number of hydrogen-bond donors (Lipinski definition) is 2. The molecule has 0 bridgehead atoms. The predicted molar refractivity (Wildman–Crippen MR) is 59.8 cm³/mol. The first-order valence-electron chi connectivity index (χ1n) is 5.29. The second-order valence-electron chi connectivity index (χ2n) is 3.63. The SMILES string of the molecule is O=C(O)c1cc(F)c(NCCc2ncno2)c(F)c1. The van der Waals surface area contributed by atoms with Crippen LogP contribution in [0, 0.1) is 11.6 Å². The normalized spacial score (nSPS) is 10.4. The quantitative estimate of drug-likeness (QED) is 0.858. The zero-order valence-corrected chi connectivity index (χ0v) is 9.56. The molecule has 0 atom stereocenters. The van der Waals surface area contributed by atoms with E-state index in [2.05, 4.69) is 15.5 Å². The largest absolute Gasteiger partial charge is 0.478 e. The molecule has 0 amide bonds. The van der Waals surface area contributed by atoms with E-state index in [0.717, 1.165) is 12.1 Å². The lowest BCUT2D eigenvalue weighted by atomic mass is 10.2. The molecule has 1 aromatic heterocycles. The highest BCUT2D eigenvalue weighted by molar-refractivity contribution is 5.88. The van der Waals surface area contributed by atoms with E-state index < -0.39 is 23.2 Å². The highest BCUT2D eigenvalue weighted by Gasteiger charge is 2.14. The Kier molecular flexibility index (Phi) is 3.69. The summed E-state index contributed by atoms with van der Waals surface area (Å²) < 4.78 is 31.8. The Bertz CT molecular complexity index is 564. The summed E-state index contributed by atoms with van der Waals surface area (Å²) >= 11 is 0. The van der Waals surface area contributed by atoms with Crippen LogP contribution in [0.15, 0.2) is 23.0 Å². The third-order valence-corrected chi connectivity index (χ3v) is 2.34. The van der Waals surface area contributed by atoms with E-state index in [1.54, 1.807) is 0 Å². The number of halogens is 2. The lowest BCUT2D eigenvalue weighted by molar-refractivity contribution is 0.0696. The number of aromatic nitrogens is 2. The van der Waals surface area contributed by atoms with Crippen LogP contribution in [0.1, 0.15) is 16.2 Å². The van der Waals surface area contributed by atoms with Crippen molar-refractivity contribution in [1.82, 2.24) is 10.1 Å². The number of rotatable bonds is 5. The van der Waals surface area contributed by atoms with E-state index in [4.69, 9.17) is 9.63 Å². The van der Waals surface area contributed by atoms with Crippen molar-refractivity contribution in [2.45, 2.75) is 6.42 Å². The highest BCUT2D eigenvalue weighted by atomic mass is 19.1. The maximum Gasteiger partial charge on any atom is 0.335 e. The van der Waals surface area contributed by atoms with Crippen LogP contribution >= 0.6 is 0 Å². The standard InChI is InChI=1S/C11H9F2N3O3/c12-7-3-6(11(17)18)4-8(13)10(7)14-2-1-9-15-5-16-19-9/h3-5,14H,1-2H2,(H,17,18). The molecule has 0 saturated heterocycles. The van der Waals surface area contributed by atoms with Gasteiger partial charge >= 0.3 is 5.97 Å². The molecular weight excluding hydrogens is 260 g/mol. The zero-order chi connectivity index (χ0) is 13.8. The fourth-order valence-electron chi connectivity index (χ4n) is 1.47. The number of carbonyl (C=O) groups is 1. The molecule has 100 valence electrons. The second kappa shape index (κ2) is 5.42. The van der Waals surface area contributed by atoms with E-state index in [1.807, 2.05) is 0 Å². The van der Waals surface area contributed by atoms with Gasteiger partial charge in [0.15, 0.2) is 6.33 Å². The van der Waals surface area contributed by atoms with Crippen LogP contribution < -0.4 is 5.32 Å². The van der Waals surface area contributed by atoms with Gasteiger partial charge in [-0.3, -0.25) is 0 Å². The third kappa shape index (κ3) is 3.03. The molecule has 0 aliphatic heterocycles. The van der Waals surface area contributed by atoms with Gasteiger partial charge in [0.25, 0.3) is 0 Å². The summed E-state index contributed by atoms with van der Waals surface area (Å²) in [6, 6.07) is 1.50. The molecule has 2 aromatic rings. The summed E-state index contributed by atoms with van der Waals surface area (Å²) in [5, 5.41) is 14.5. The minimum Gasteiger partial charge on any atom is -0.478 e. The highest BCUT2D eigenvalue weighted by Crippen LogP contribution is 2.20. The fourth-order valence-corrected chi connectivity index (χ4v) is 1.47. The van der Waals surface area contributed by atoms with Crippen molar-refractivity contribution in [3.05, 3.63) is 41.5 Å². The molecule has 0 unspecified atom stereocenters. The number of anilines is 1. The van der Waals surface area contributed by atoms with E-state index in [0.29, 0.717) is 12.3 Å². The first kappa shape index (κ1) is 12.9. The van der Waals surface area contributed by atoms with Gasteiger partial charge in [0.05, 0.1) is 5.56 Å². The first-order valence-corrected chi connectivity index (χ1v) is 5.29. The number of carboxylic acids is 1. The van der Waals surface area contributed by atoms with Gasteiger partial charge in [-0.25, -0.2) is 13.6 Å². The molecule has 2 N–H and O–H groups in total. The van der Waals surface area contributed by atoms with Crippen LogP contribution in [-0.2, 0) is 6.42 Å². The molecule has 0 spiro atoms. The van der Waals surface area contributed by atoms with Crippen LogP contribution in [0.2, 0.25) is 0 Å². The average Bonchev–Trinajstić information content (AvgIpc) is 2.85. The van der Waals surface area contributed by atoms with Crippen LogP contribution in [0.5, 0.6) is 0 Å². The summed E-state index contributed by atoms with van der Waals surface area (Å²) in [4.78, 5) is 14.4. The lowest BCUT2D eigenvalue weighted by Gasteiger charge is -2.08. The van der Waals surface area contributed by atoms with Crippen molar-refractivity contribution in [3.63, 3.8) is 0 Å². The Labute approximate surface area is 106 Å². The van der Waals surface area contributed by atoms with E-state index in [1.165, 1.54) is 6.33 Å². The van der Waals surface area contributed by atoms with Gasteiger partial charge in [0.2, 0.25) is 5.89 Å². The van der Waals surface area contributed by atoms with Gasteiger partial charge in [0.1, 0.15) is 17.3 Å². The summed E-state index contributed by atoms with van der Waals surface area (Å²) in [7, 11) is 0. The first-order chi connectivity index (χ1) is 9.08. The zero-order valence-electron chi connectivity index (χ0n) is 9.56. The molecule has 0 saturated carbocycles. The number of nitrogens with zero attached hydrogens (tertiary/aromatic N) is 2. The summed E-state index contributed by atoms with van der Waals surface area (Å²) in [5.74, 6) is -3.00. The molecule has 1 aromatic carbocycles. The van der Waals surface area contributed by atoms with Gasteiger partial charge in [-0.1, -0.05) is 5.16 Å². The van der Waals surface area contributed by atoms with Gasteiger partial charge in [-0.05, 0) is 12.1 Å². The number of carboxylic acid groups (broad SMARTS) is 1. The molecule has 0 aliphatic rings. The number of benzene rings is 1. The maximum absolute atomic E-state index is 13.5. The topological polar surface area (TPSA) is 88.2 Å². The fraction of sp³-hybridized carbons (Fsp3) is 0.182. The smallest absolute Gasteiger partial charge is 0.335 e. The van der Waals surface area contributed by atoms with Crippen LogP contribution in [0.3, 0.4) is 0 Å². The van der Waals surface area contributed by atoms with Crippen molar-refractivity contribution >= 4 is 11.7 Å². The summed E-state index contributed by atoms with van der Waals surface area (Å²) in [6.45, 7) is 0.169. The molecular formula is C11H9F2N3O3. The Morgan fingerprint density at radius 2 is 2.05 bits per heavy atom. The van der Waals surface area contributed by atoms with Gasteiger partial charge in [-0.2, -0.15) is 4.98 Å². The molecule has 19 heavy (non-hydrogen) atoms. The molecule has 1 heterocycles.